The molecular weight excluding hydrogens is 432 g/mol. The molecule has 0 spiro atoms. The SMILES string of the molecule is CNC(=O)C(NC(=O)c1ccc(OC)c(S(=O)(=O)NC(C)C)c1)c1ccc(F)c(F)c1. The summed E-state index contributed by atoms with van der Waals surface area (Å²) in [6.07, 6.45) is 0. The van der Waals surface area contributed by atoms with E-state index in [1.165, 1.54) is 26.3 Å². The minimum Gasteiger partial charge on any atom is -0.495 e. The van der Waals surface area contributed by atoms with Crippen molar-refractivity contribution in [1.82, 2.24) is 15.4 Å². The number of halogens is 2. The Morgan fingerprint density at radius 3 is 2.26 bits per heavy atom. The normalized spacial score (nSPS) is 12.4. The summed E-state index contributed by atoms with van der Waals surface area (Å²) in [4.78, 5) is 24.8. The standard InChI is InChI=1S/C20H23F2N3O5S/c1-11(2)25-31(28,29)17-10-13(6-8-16(17)30-4)19(26)24-18(20(27)23-3)12-5-7-14(21)15(22)9-12/h5-11,18,25H,1-4H3,(H,23,27)(H,24,26). The summed E-state index contributed by atoms with van der Waals surface area (Å²) >= 11 is 0. The minimum absolute atomic E-state index is 0.00873. The largest absolute Gasteiger partial charge is 0.495 e. The van der Waals surface area contributed by atoms with Gasteiger partial charge in [0.15, 0.2) is 11.6 Å². The third-order valence-electron chi connectivity index (χ3n) is 4.17. The molecule has 0 fully saturated rings. The van der Waals surface area contributed by atoms with Crippen LogP contribution in [-0.4, -0.2) is 40.4 Å². The lowest BCUT2D eigenvalue weighted by atomic mass is 10.0. The Morgan fingerprint density at radius 1 is 1.03 bits per heavy atom. The van der Waals surface area contributed by atoms with Crippen LogP contribution in [0.4, 0.5) is 8.78 Å². The number of nitrogens with one attached hydrogen (secondary N) is 3. The number of likely N-dealkylation sites (N-methyl/N-ethyl adjacent to an activating group) is 1. The maximum atomic E-state index is 13.6. The zero-order valence-corrected chi connectivity index (χ0v) is 18.1. The first-order valence-electron chi connectivity index (χ1n) is 9.18. The maximum absolute atomic E-state index is 13.6. The summed E-state index contributed by atoms with van der Waals surface area (Å²) in [5.74, 6) is -3.75. The first-order valence-corrected chi connectivity index (χ1v) is 10.7. The van der Waals surface area contributed by atoms with Gasteiger partial charge in [-0.05, 0) is 49.7 Å². The van der Waals surface area contributed by atoms with Crippen LogP contribution >= 0.6 is 0 Å². The van der Waals surface area contributed by atoms with Crippen molar-refractivity contribution in [2.24, 2.45) is 0 Å². The van der Waals surface area contributed by atoms with Crippen LogP contribution in [0.25, 0.3) is 0 Å². The van der Waals surface area contributed by atoms with Gasteiger partial charge in [-0.25, -0.2) is 21.9 Å². The van der Waals surface area contributed by atoms with E-state index in [2.05, 4.69) is 15.4 Å². The summed E-state index contributed by atoms with van der Waals surface area (Å²) < 4.78 is 59.6. The molecule has 168 valence electrons. The molecule has 31 heavy (non-hydrogen) atoms. The number of sulfonamides is 1. The summed E-state index contributed by atoms with van der Waals surface area (Å²) in [5.41, 5.74) is -0.0733. The maximum Gasteiger partial charge on any atom is 0.252 e. The number of hydrogen-bond acceptors (Lipinski definition) is 5. The van der Waals surface area contributed by atoms with Crippen LogP contribution < -0.4 is 20.1 Å². The molecule has 2 amide bonds. The van der Waals surface area contributed by atoms with Crippen molar-refractivity contribution in [2.75, 3.05) is 14.2 Å². The number of benzene rings is 2. The number of carbonyl (C=O) groups excluding carboxylic acids is 2. The van der Waals surface area contributed by atoms with Crippen LogP contribution in [0, 0.1) is 11.6 Å². The molecule has 1 atom stereocenters. The van der Waals surface area contributed by atoms with Crippen molar-refractivity contribution >= 4 is 21.8 Å². The van der Waals surface area contributed by atoms with Crippen molar-refractivity contribution < 1.29 is 31.5 Å². The number of methoxy groups -OCH3 is 1. The van der Waals surface area contributed by atoms with E-state index in [4.69, 9.17) is 4.74 Å². The van der Waals surface area contributed by atoms with Gasteiger partial charge in [0.05, 0.1) is 7.11 Å². The highest BCUT2D eigenvalue weighted by Crippen LogP contribution is 2.26. The Balaban J connectivity index is 2.43. The average molecular weight is 455 g/mol. The van der Waals surface area contributed by atoms with E-state index >= 15 is 0 Å². The molecule has 2 aromatic rings. The van der Waals surface area contributed by atoms with Crippen molar-refractivity contribution in [3.05, 3.63) is 59.2 Å². The van der Waals surface area contributed by atoms with Crippen molar-refractivity contribution in [2.45, 2.75) is 30.8 Å². The third kappa shape index (κ3) is 5.76. The van der Waals surface area contributed by atoms with E-state index in [0.29, 0.717) is 0 Å². The van der Waals surface area contributed by atoms with Crippen LogP contribution in [0.2, 0.25) is 0 Å². The highest BCUT2D eigenvalue weighted by molar-refractivity contribution is 7.89. The highest BCUT2D eigenvalue weighted by Gasteiger charge is 2.26. The molecule has 0 aliphatic heterocycles. The van der Waals surface area contributed by atoms with E-state index in [1.54, 1.807) is 13.8 Å². The monoisotopic (exact) mass is 455 g/mol. The zero-order valence-electron chi connectivity index (χ0n) is 17.3. The molecule has 0 aliphatic carbocycles. The number of rotatable bonds is 8. The van der Waals surface area contributed by atoms with Gasteiger partial charge in [-0.15, -0.1) is 0 Å². The predicted molar refractivity (Wildman–Crippen MR) is 109 cm³/mol. The van der Waals surface area contributed by atoms with E-state index < -0.39 is 45.6 Å². The van der Waals surface area contributed by atoms with Crippen molar-refractivity contribution in [3.8, 4) is 5.75 Å². The van der Waals surface area contributed by atoms with Crippen molar-refractivity contribution in [3.63, 3.8) is 0 Å². The average Bonchev–Trinajstić information content (AvgIpc) is 2.72. The summed E-state index contributed by atoms with van der Waals surface area (Å²) in [7, 11) is -1.39. The van der Waals surface area contributed by atoms with E-state index in [9.17, 15) is 26.8 Å². The van der Waals surface area contributed by atoms with E-state index in [0.717, 1.165) is 24.3 Å². The molecule has 0 saturated carbocycles. The second-order valence-corrected chi connectivity index (χ2v) is 8.52. The fourth-order valence-electron chi connectivity index (χ4n) is 2.75. The van der Waals surface area contributed by atoms with Gasteiger partial charge < -0.3 is 15.4 Å². The lowest BCUT2D eigenvalue weighted by Gasteiger charge is -2.19. The summed E-state index contributed by atoms with van der Waals surface area (Å²) in [5, 5.41) is 4.74. The molecule has 0 bridgehead atoms. The van der Waals surface area contributed by atoms with Crippen LogP contribution in [0.1, 0.15) is 35.8 Å². The summed E-state index contributed by atoms with van der Waals surface area (Å²) in [6.45, 7) is 3.27. The smallest absolute Gasteiger partial charge is 0.252 e. The molecule has 0 radical (unpaired) electrons. The number of carbonyl (C=O) groups is 2. The predicted octanol–water partition coefficient (Wildman–Crippen LogP) is 1.88. The second-order valence-electron chi connectivity index (χ2n) is 6.84. The van der Waals surface area contributed by atoms with Crippen LogP contribution in [0.15, 0.2) is 41.3 Å². The Labute approximate surface area is 179 Å². The molecule has 0 saturated heterocycles. The Bertz CT molecular complexity index is 1090. The van der Waals surface area contributed by atoms with Gasteiger partial charge in [0.2, 0.25) is 15.9 Å². The van der Waals surface area contributed by atoms with Crippen LogP contribution in [0.5, 0.6) is 5.75 Å². The fourth-order valence-corrected chi connectivity index (χ4v) is 4.20. The molecule has 1 unspecified atom stereocenters. The molecule has 0 aromatic heterocycles. The minimum atomic E-state index is -4.00. The molecule has 2 rings (SSSR count). The topological polar surface area (TPSA) is 114 Å². The van der Waals surface area contributed by atoms with Crippen LogP contribution in [-0.2, 0) is 14.8 Å². The lowest BCUT2D eigenvalue weighted by molar-refractivity contribution is -0.122. The highest BCUT2D eigenvalue weighted by atomic mass is 32.2. The van der Waals surface area contributed by atoms with Gasteiger partial charge in [0, 0.05) is 18.7 Å². The molecular formula is C20H23F2N3O5S. The summed E-state index contributed by atoms with van der Waals surface area (Å²) in [6, 6.07) is 4.76. The lowest BCUT2D eigenvalue weighted by Crippen LogP contribution is -2.39. The number of amides is 2. The molecule has 8 nitrogen and oxygen atoms in total. The molecule has 0 aliphatic rings. The Kier molecular flexibility index (Phi) is 7.69. The number of ether oxygens (including phenoxy) is 1. The van der Waals surface area contributed by atoms with Gasteiger partial charge >= 0.3 is 0 Å². The fraction of sp³-hybridized carbons (Fsp3) is 0.300. The van der Waals surface area contributed by atoms with Gasteiger partial charge in [-0.2, -0.15) is 0 Å². The van der Waals surface area contributed by atoms with Gasteiger partial charge in [0.1, 0.15) is 16.7 Å². The Hall–Kier alpha value is -3.05. The third-order valence-corrected chi connectivity index (χ3v) is 5.85. The first-order chi connectivity index (χ1) is 14.5. The quantitative estimate of drug-likeness (QED) is 0.563. The van der Waals surface area contributed by atoms with Crippen molar-refractivity contribution in [1.29, 1.82) is 0 Å². The zero-order chi connectivity index (χ0) is 23.3. The molecule has 3 N–H and O–H groups in total. The first kappa shape index (κ1) is 24.2. The second kappa shape index (κ2) is 9.84. The van der Waals surface area contributed by atoms with Crippen LogP contribution in [0.3, 0.4) is 0 Å². The molecule has 2 aromatic carbocycles. The van der Waals surface area contributed by atoms with Gasteiger partial charge in [0.25, 0.3) is 5.91 Å². The van der Waals surface area contributed by atoms with Gasteiger partial charge in [-0.1, -0.05) is 6.07 Å². The van der Waals surface area contributed by atoms with Gasteiger partial charge in [-0.3, -0.25) is 9.59 Å². The molecule has 11 heteroatoms. The molecule has 0 heterocycles. The van der Waals surface area contributed by atoms with E-state index in [1.807, 2.05) is 0 Å². The number of hydrogen-bond donors (Lipinski definition) is 3. The van der Waals surface area contributed by atoms with E-state index in [-0.39, 0.29) is 21.8 Å². The Morgan fingerprint density at radius 2 is 1.71 bits per heavy atom.